The number of amides is 2. The summed E-state index contributed by atoms with van der Waals surface area (Å²) in [5.74, 6) is -0.0887. The highest BCUT2D eigenvalue weighted by Crippen LogP contribution is 2.07. The number of aryl methyl sites for hydroxylation is 1. The number of likely N-dealkylation sites (N-methyl/N-ethyl adjacent to an activating group) is 2. The molecule has 0 saturated heterocycles. The van der Waals surface area contributed by atoms with Crippen LogP contribution in [0.5, 0.6) is 0 Å². The van der Waals surface area contributed by atoms with Crippen molar-refractivity contribution in [3.63, 3.8) is 0 Å². The highest BCUT2D eigenvalue weighted by molar-refractivity contribution is 5.92. The standard InChI is InChI=1S/C19H23N5O2/c1-21(18(25)8-12-23-9-5-6-10-23)13-14-22(2)19(26)16-15-24-11-4-3-7-17(24)20-16/h3-7,9-11,15H,8,12-14H2,1-2H3. The van der Waals surface area contributed by atoms with Crippen LogP contribution < -0.4 is 0 Å². The Hall–Kier alpha value is -3.09. The molecule has 0 bridgehead atoms. The van der Waals surface area contributed by atoms with Gasteiger partial charge in [0.25, 0.3) is 5.91 Å². The second kappa shape index (κ2) is 7.86. The first-order valence-electron chi connectivity index (χ1n) is 8.58. The van der Waals surface area contributed by atoms with E-state index >= 15 is 0 Å². The fourth-order valence-electron chi connectivity index (χ4n) is 2.69. The lowest BCUT2D eigenvalue weighted by atomic mass is 10.3. The van der Waals surface area contributed by atoms with Crippen LogP contribution in [0.1, 0.15) is 16.9 Å². The van der Waals surface area contributed by atoms with Crippen LogP contribution in [0.2, 0.25) is 0 Å². The Balaban J connectivity index is 1.49. The molecule has 0 fully saturated rings. The zero-order chi connectivity index (χ0) is 18.5. The van der Waals surface area contributed by atoms with Gasteiger partial charge in [0.2, 0.25) is 5.91 Å². The predicted octanol–water partition coefficient (Wildman–Crippen LogP) is 1.76. The highest BCUT2D eigenvalue weighted by atomic mass is 16.2. The molecule has 0 N–H and O–H groups in total. The van der Waals surface area contributed by atoms with E-state index < -0.39 is 0 Å². The number of pyridine rings is 1. The molecule has 0 saturated carbocycles. The molecule has 7 nitrogen and oxygen atoms in total. The maximum atomic E-state index is 12.5. The van der Waals surface area contributed by atoms with Crippen LogP contribution in [0.4, 0.5) is 0 Å². The van der Waals surface area contributed by atoms with Gasteiger partial charge in [-0.15, -0.1) is 0 Å². The zero-order valence-electron chi connectivity index (χ0n) is 15.1. The van der Waals surface area contributed by atoms with E-state index in [2.05, 4.69) is 4.98 Å². The normalized spacial score (nSPS) is 10.8. The molecule has 0 unspecified atom stereocenters. The molecule has 0 aliphatic carbocycles. The third kappa shape index (κ3) is 4.11. The number of hydrogen-bond acceptors (Lipinski definition) is 3. The number of fused-ring (bicyclic) bond motifs is 1. The number of imidazole rings is 1. The lowest BCUT2D eigenvalue weighted by molar-refractivity contribution is -0.130. The molecule has 136 valence electrons. The smallest absolute Gasteiger partial charge is 0.273 e. The Bertz CT molecular complexity index is 851. The molecule has 3 rings (SSSR count). The van der Waals surface area contributed by atoms with E-state index in [0.717, 1.165) is 5.65 Å². The second-order valence-corrected chi connectivity index (χ2v) is 6.31. The zero-order valence-corrected chi connectivity index (χ0v) is 15.1. The summed E-state index contributed by atoms with van der Waals surface area (Å²) in [5, 5.41) is 0. The number of carbonyl (C=O) groups is 2. The maximum Gasteiger partial charge on any atom is 0.273 e. The molecule has 3 aromatic heterocycles. The average molecular weight is 353 g/mol. The van der Waals surface area contributed by atoms with Gasteiger partial charge in [-0.3, -0.25) is 9.59 Å². The molecule has 0 spiro atoms. The van der Waals surface area contributed by atoms with Crippen molar-refractivity contribution in [2.24, 2.45) is 0 Å². The Kier molecular flexibility index (Phi) is 5.36. The third-order valence-electron chi connectivity index (χ3n) is 4.38. The second-order valence-electron chi connectivity index (χ2n) is 6.31. The van der Waals surface area contributed by atoms with Crippen molar-refractivity contribution in [2.45, 2.75) is 13.0 Å². The Morgan fingerprint density at radius 3 is 2.42 bits per heavy atom. The molecule has 2 amide bonds. The Morgan fingerprint density at radius 1 is 1.00 bits per heavy atom. The molecule has 0 aliphatic heterocycles. The Labute approximate surface area is 152 Å². The van der Waals surface area contributed by atoms with Gasteiger partial charge in [0.05, 0.1) is 0 Å². The van der Waals surface area contributed by atoms with Crippen LogP contribution in [0, 0.1) is 0 Å². The fourth-order valence-corrected chi connectivity index (χ4v) is 2.69. The minimum atomic E-state index is -0.151. The van der Waals surface area contributed by atoms with E-state index in [9.17, 15) is 9.59 Å². The summed E-state index contributed by atoms with van der Waals surface area (Å²) >= 11 is 0. The molecule has 26 heavy (non-hydrogen) atoms. The molecule has 3 heterocycles. The van der Waals surface area contributed by atoms with Crippen LogP contribution in [-0.4, -0.2) is 62.8 Å². The first-order chi connectivity index (χ1) is 12.5. The monoisotopic (exact) mass is 353 g/mol. The van der Waals surface area contributed by atoms with Crippen molar-refractivity contribution < 1.29 is 9.59 Å². The van der Waals surface area contributed by atoms with Gasteiger partial charge in [0.1, 0.15) is 11.3 Å². The van der Waals surface area contributed by atoms with Gasteiger partial charge in [0.15, 0.2) is 0 Å². The molecular weight excluding hydrogens is 330 g/mol. The van der Waals surface area contributed by atoms with Gasteiger partial charge >= 0.3 is 0 Å². The van der Waals surface area contributed by atoms with Gasteiger partial charge in [0, 0.05) is 64.9 Å². The predicted molar refractivity (Wildman–Crippen MR) is 98.8 cm³/mol. The van der Waals surface area contributed by atoms with Gasteiger partial charge in [-0.2, -0.15) is 0 Å². The van der Waals surface area contributed by atoms with E-state index in [0.29, 0.717) is 31.7 Å². The summed E-state index contributed by atoms with van der Waals surface area (Å²) in [7, 11) is 3.49. The topological polar surface area (TPSA) is 62.9 Å². The van der Waals surface area contributed by atoms with E-state index in [1.165, 1.54) is 0 Å². The van der Waals surface area contributed by atoms with Crippen LogP contribution in [-0.2, 0) is 11.3 Å². The summed E-state index contributed by atoms with van der Waals surface area (Å²) in [5.41, 5.74) is 1.14. The van der Waals surface area contributed by atoms with E-state index in [4.69, 9.17) is 0 Å². The van der Waals surface area contributed by atoms with Gasteiger partial charge in [-0.25, -0.2) is 4.98 Å². The Morgan fingerprint density at radius 2 is 1.69 bits per heavy atom. The molecule has 0 radical (unpaired) electrons. The van der Waals surface area contributed by atoms with Crippen LogP contribution >= 0.6 is 0 Å². The van der Waals surface area contributed by atoms with Crippen LogP contribution in [0.15, 0.2) is 55.1 Å². The van der Waals surface area contributed by atoms with Crippen molar-refractivity contribution in [3.05, 3.63) is 60.8 Å². The lowest BCUT2D eigenvalue weighted by Crippen LogP contribution is -2.37. The number of rotatable bonds is 7. The largest absolute Gasteiger partial charge is 0.354 e. The highest BCUT2D eigenvalue weighted by Gasteiger charge is 2.17. The van der Waals surface area contributed by atoms with Gasteiger partial charge in [-0.1, -0.05) is 6.07 Å². The number of carbonyl (C=O) groups excluding carboxylic acids is 2. The fraction of sp³-hybridized carbons (Fsp3) is 0.316. The van der Waals surface area contributed by atoms with Crippen LogP contribution in [0.3, 0.4) is 0 Å². The lowest BCUT2D eigenvalue weighted by Gasteiger charge is -2.22. The quantitative estimate of drug-likeness (QED) is 0.650. The van der Waals surface area contributed by atoms with E-state index in [1.54, 1.807) is 30.1 Å². The maximum absolute atomic E-state index is 12.5. The average Bonchev–Trinajstić information content (AvgIpc) is 3.32. The molecule has 0 atom stereocenters. The molecule has 7 heteroatoms. The van der Waals surface area contributed by atoms with Crippen molar-refractivity contribution in [2.75, 3.05) is 27.2 Å². The van der Waals surface area contributed by atoms with Crippen LogP contribution in [0.25, 0.3) is 5.65 Å². The van der Waals surface area contributed by atoms with Gasteiger partial charge in [-0.05, 0) is 24.3 Å². The van der Waals surface area contributed by atoms with E-state index in [-0.39, 0.29) is 11.8 Å². The van der Waals surface area contributed by atoms with E-state index in [1.807, 2.05) is 57.9 Å². The first kappa shape index (κ1) is 17.7. The summed E-state index contributed by atoms with van der Waals surface area (Å²) in [4.78, 5) is 32.3. The molecule has 0 aliphatic rings. The minimum Gasteiger partial charge on any atom is -0.354 e. The summed E-state index contributed by atoms with van der Waals surface area (Å²) in [6, 6.07) is 9.51. The summed E-state index contributed by atoms with van der Waals surface area (Å²) < 4.78 is 3.79. The van der Waals surface area contributed by atoms with Crippen molar-refractivity contribution in [1.82, 2.24) is 23.8 Å². The molecule has 3 aromatic rings. The minimum absolute atomic E-state index is 0.0623. The van der Waals surface area contributed by atoms with Crippen molar-refractivity contribution in [3.8, 4) is 0 Å². The van der Waals surface area contributed by atoms with Crippen molar-refractivity contribution >= 4 is 17.5 Å². The van der Waals surface area contributed by atoms with Gasteiger partial charge < -0.3 is 18.8 Å². The number of nitrogens with zero attached hydrogens (tertiary/aromatic N) is 5. The summed E-state index contributed by atoms with van der Waals surface area (Å²) in [6.07, 6.45) is 7.90. The summed E-state index contributed by atoms with van der Waals surface area (Å²) in [6.45, 7) is 1.60. The molecule has 0 aromatic carbocycles. The van der Waals surface area contributed by atoms with Crippen molar-refractivity contribution in [1.29, 1.82) is 0 Å². The SMILES string of the molecule is CN(CCN(C)C(=O)c1cn2ccccc2n1)C(=O)CCn1cccc1. The third-order valence-corrected chi connectivity index (χ3v) is 4.38. The number of hydrogen-bond donors (Lipinski definition) is 0. The number of aromatic nitrogens is 3. The molecular formula is C19H23N5O2. The first-order valence-corrected chi connectivity index (χ1v) is 8.58.